The van der Waals surface area contributed by atoms with E-state index in [0.29, 0.717) is 11.5 Å². The Balaban J connectivity index is 1.63. The number of fused-ring (bicyclic) bond motifs is 1. The SMILES string of the molecule is CCc1oc2ccccc2c1/C=N\NC(=O)COc1ccccc1OC. The van der Waals surface area contributed by atoms with Crippen molar-refractivity contribution in [3.8, 4) is 11.5 Å². The number of amides is 1. The molecule has 0 aliphatic heterocycles. The zero-order valence-corrected chi connectivity index (χ0v) is 14.7. The van der Waals surface area contributed by atoms with Crippen LogP contribution < -0.4 is 14.9 Å². The molecule has 6 heteroatoms. The van der Waals surface area contributed by atoms with Crippen LogP contribution in [0.4, 0.5) is 0 Å². The average Bonchev–Trinajstić information content (AvgIpc) is 3.04. The molecule has 0 bridgehead atoms. The van der Waals surface area contributed by atoms with Crippen molar-refractivity contribution < 1.29 is 18.7 Å². The highest BCUT2D eigenvalue weighted by Gasteiger charge is 2.11. The monoisotopic (exact) mass is 352 g/mol. The van der Waals surface area contributed by atoms with Gasteiger partial charge in [0, 0.05) is 17.4 Å². The standard InChI is InChI=1S/C20H20N2O4/c1-3-16-15(14-8-4-5-9-17(14)26-16)12-21-22-20(23)13-25-19-11-7-6-10-18(19)24-2/h4-12H,3,13H2,1-2H3,(H,22,23)/b21-12-. The van der Waals surface area contributed by atoms with Crippen molar-refractivity contribution in [1.82, 2.24) is 5.43 Å². The van der Waals surface area contributed by atoms with E-state index >= 15 is 0 Å². The highest BCUT2D eigenvalue weighted by atomic mass is 16.5. The van der Waals surface area contributed by atoms with Crippen LogP contribution in [0.5, 0.6) is 11.5 Å². The van der Waals surface area contributed by atoms with Crippen molar-refractivity contribution in [2.24, 2.45) is 5.10 Å². The molecule has 26 heavy (non-hydrogen) atoms. The van der Waals surface area contributed by atoms with Gasteiger partial charge in [-0.2, -0.15) is 5.10 Å². The van der Waals surface area contributed by atoms with Crippen molar-refractivity contribution in [3.63, 3.8) is 0 Å². The van der Waals surface area contributed by atoms with Gasteiger partial charge in [-0.1, -0.05) is 37.3 Å². The molecule has 0 aliphatic carbocycles. The summed E-state index contributed by atoms with van der Waals surface area (Å²) in [5.41, 5.74) is 4.14. The second-order valence-corrected chi connectivity index (χ2v) is 5.52. The number of methoxy groups -OCH3 is 1. The number of carbonyl (C=O) groups is 1. The van der Waals surface area contributed by atoms with Gasteiger partial charge in [-0.3, -0.25) is 4.79 Å². The lowest BCUT2D eigenvalue weighted by Gasteiger charge is -2.09. The second-order valence-electron chi connectivity index (χ2n) is 5.52. The molecule has 0 spiro atoms. The minimum absolute atomic E-state index is 0.162. The highest BCUT2D eigenvalue weighted by molar-refractivity contribution is 5.99. The normalized spacial score (nSPS) is 11.0. The average molecular weight is 352 g/mol. The van der Waals surface area contributed by atoms with E-state index in [1.807, 2.05) is 43.3 Å². The number of hydrogen-bond donors (Lipinski definition) is 1. The first-order valence-corrected chi connectivity index (χ1v) is 8.31. The first kappa shape index (κ1) is 17.5. The number of nitrogens with one attached hydrogen (secondary N) is 1. The fourth-order valence-electron chi connectivity index (χ4n) is 2.60. The zero-order chi connectivity index (χ0) is 18.4. The molecule has 134 valence electrons. The van der Waals surface area contributed by atoms with E-state index in [-0.39, 0.29) is 12.5 Å². The Morgan fingerprint density at radius 2 is 1.88 bits per heavy atom. The summed E-state index contributed by atoms with van der Waals surface area (Å²) >= 11 is 0. The first-order chi connectivity index (χ1) is 12.7. The zero-order valence-electron chi connectivity index (χ0n) is 14.7. The molecular weight excluding hydrogens is 332 g/mol. The molecule has 0 atom stereocenters. The number of para-hydroxylation sites is 3. The van der Waals surface area contributed by atoms with Crippen LogP contribution in [0.15, 0.2) is 58.0 Å². The van der Waals surface area contributed by atoms with Crippen LogP contribution in [0.1, 0.15) is 18.2 Å². The van der Waals surface area contributed by atoms with E-state index in [1.54, 1.807) is 25.5 Å². The van der Waals surface area contributed by atoms with Gasteiger partial charge in [-0.05, 0) is 18.2 Å². The summed E-state index contributed by atoms with van der Waals surface area (Å²) in [6, 6.07) is 14.9. The molecule has 0 aliphatic rings. The van der Waals surface area contributed by atoms with Gasteiger partial charge in [-0.25, -0.2) is 5.43 Å². The highest BCUT2D eigenvalue weighted by Crippen LogP contribution is 2.26. The summed E-state index contributed by atoms with van der Waals surface area (Å²) in [6.45, 7) is 1.85. The molecule has 0 radical (unpaired) electrons. The molecule has 6 nitrogen and oxygen atoms in total. The molecule has 1 amide bonds. The second kappa shape index (κ2) is 8.20. The number of furan rings is 1. The van der Waals surface area contributed by atoms with E-state index in [0.717, 1.165) is 28.7 Å². The number of hydrazone groups is 1. The van der Waals surface area contributed by atoms with Gasteiger partial charge in [0.1, 0.15) is 11.3 Å². The van der Waals surface area contributed by atoms with Crippen molar-refractivity contribution in [1.29, 1.82) is 0 Å². The van der Waals surface area contributed by atoms with Crippen LogP contribution >= 0.6 is 0 Å². The molecule has 0 unspecified atom stereocenters. The molecule has 1 N–H and O–H groups in total. The maximum Gasteiger partial charge on any atom is 0.277 e. The van der Waals surface area contributed by atoms with Crippen LogP contribution in [0.2, 0.25) is 0 Å². The smallest absolute Gasteiger partial charge is 0.277 e. The quantitative estimate of drug-likeness (QED) is 0.521. The van der Waals surface area contributed by atoms with Crippen molar-refractivity contribution in [3.05, 3.63) is 59.9 Å². The summed E-state index contributed by atoms with van der Waals surface area (Å²) in [5.74, 6) is 1.54. The Kier molecular flexibility index (Phi) is 5.53. The lowest BCUT2D eigenvalue weighted by atomic mass is 10.1. The molecule has 0 fully saturated rings. The predicted octanol–water partition coefficient (Wildman–Crippen LogP) is 3.53. The van der Waals surface area contributed by atoms with E-state index in [1.165, 1.54) is 0 Å². The Morgan fingerprint density at radius 3 is 2.65 bits per heavy atom. The Labute approximate surface area is 151 Å². The largest absolute Gasteiger partial charge is 0.493 e. The number of rotatable bonds is 7. The van der Waals surface area contributed by atoms with Gasteiger partial charge in [0.25, 0.3) is 5.91 Å². The molecule has 0 saturated carbocycles. The number of nitrogens with zero attached hydrogens (tertiary/aromatic N) is 1. The molecule has 0 saturated heterocycles. The van der Waals surface area contributed by atoms with E-state index in [4.69, 9.17) is 13.9 Å². The maximum absolute atomic E-state index is 11.9. The van der Waals surface area contributed by atoms with Crippen molar-refractivity contribution >= 4 is 23.1 Å². The molecule has 3 rings (SSSR count). The summed E-state index contributed by atoms with van der Waals surface area (Å²) in [6.07, 6.45) is 2.34. The summed E-state index contributed by atoms with van der Waals surface area (Å²) in [4.78, 5) is 11.9. The number of aryl methyl sites for hydroxylation is 1. The van der Waals surface area contributed by atoms with Crippen LogP contribution in [0.3, 0.4) is 0 Å². The maximum atomic E-state index is 11.9. The first-order valence-electron chi connectivity index (χ1n) is 8.31. The third-order valence-electron chi connectivity index (χ3n) is 3.84. The van der Waals surface area contributed by atoms with Crippen LogP contribution in [0, 0.1) is 0 Å². The minimum atomic E-state index is -0.363. The predicted molar refractivity (Wildman–Crippen MR) is 99.8 cm³/mol. The number of hydrogen-bond acceptors (Lipinski definition) is 5. The minimum Gasteiger partial charge on any atom is -0.493 e. The summed E-state index contributed by atoms with van der Waals surface area (Å²) in [5, 5.41) is 5.00. The third kappa shape index (κ3) is 3.85. The van der Waals surface area contributed by atoms with Gasteiger partial charge in [-0.15, -0.1) is 0 Å². The fourth-order valence-corrected chi connectivity index (χ4v) is 2.60. The molecule has 1 aromatic heterocycles. The Morgan fingerprint density at radius 1 is 1.15 bits per heavy atom. The van der Waals surface area contributed by atoms with Crippen molar-refractivity contribution in [2.45, 2.75) is 13.3 Å². The van der Waals surface area contributed by atoms with Crippen LogP contribution in [0.25, 0.3) is 11.0 Å². The van der Waals surface area contributed by atoms with Gasteiger partial charge >= 0.3 is 0 Å². The lowest BCUT2D eigenvalue weighted by Crippen LogP contribution is -2.24. The van der Waals surface area contributed by atoms with Gasteiger partial charge < -0.3 is 13.9 Å². The molecule has 3 aromatic rings. The third-order valence-corrected chi connectivity index (χ3v) is 3.84. The van der Waals surface area contributed by atoms with Gasteiger partial charge in [0.15, 0.2) is 18.1 Å². The number of benzene rings is 2. The van der Waals surface area contributed by atoms with Gasteiger partial charge in [0.05, 0.1) is 13.3 Å². The Bertz CT molecular complexity index is 930. The van der Waals surface area contributed by atoms with E-state index in [2.05, 4.69) is 10.5 Å². The summed E-state index contributed by atoms with van der Waals surface area (Å²) < 4.78 is 16.4. The van der Waals surface area contributed by atoms with E-state index < -0.39 is 0 Å². The number of carbonyl (C=O) groups excluding carboxylic acids is 1. The lowest BCUT2D eigenvalue weighted by molar-refractivity contribution is -0.123. The Hall–Kier alpha value is -3.28. The van der Waals surface area contributed by atoms with Crippen LogP contribution in [-0.2, 0) is 11.2 Å². The van der Waals surface area contributed by atoms with Crippen molar-refractivity contribution in [2.75, 3.05) is 13.7 Å². The van der Waals surface area contributed by atoms with Gasteiger partial charge in [0.2, 0.25) is 0 Å². The van der Waals surface area contributed by atoms with E-state index in [9.17, 15) is 4.79 Å². The topological polar surface area (TPSA) is 73.1 Å². The molecule has 2 aromatic carbocycles. The molecular formula is C20H20N2O4. The number of ether oxygens (including phenoxy) is 2. The molecule has 1 heterocycles. The van der Waals surface area contributed by atoms with Crippen LogP contribution in [-0.4, -0.2) is 25.8 Å². The summed E-state index contributed by atoms with van der Waals surface area (Å²) in [7, 11) is 1.55. The fraction of sp³-hybridized carbons (Fsp3) is 0.200.